The fourth-order valence-corrected chi connectivity index (χ4v) is 1.24. The predicted octanol–water partition coefficient (Wildman–Crippen LogP) is -0.530. The van der Waals surface area contributed by atoms with Crippen LogP contribution in [-0.4, -0.2) is 51.0 Å². The summed E-state index contributed by atoms with van der Waals surface area (Å²) < 4.78 is 14.5. The molecule has 1 amide bonds. The maximum atomic E-state index is 11.4. The van der Waals surface area contributed by atoms with Gasteiger partial charge in [0.2, 0.25) is 0 Å². The first kappa shape index (κ1) is 12.9. The number of rotatable bonds is 7. The van der Waals surface area contributed by atoms with Crippen molar-refractivity contribution in [2.24, 2.45) is 0 Å². The van der Waals surface area contributed by atoms with E-state index in [1.54, 1.807) is 14.0 Å². The summed E-state index contributed by atoms with van der Waals surface area (Å²) >= 11 is 0. The predicted molar refractivity (Wildman–Crippen MR) is 54.8 cm³/mol. The van der Waals surface area contributed by atoms with Gasteiger partial charge in [0, 0.05) is 20.3 Å². The van der Waals surface area contributed by atoms with E-state index in [1.807, 2.05) is 0 Å². The zero-order chi connectivity index (χ0) is 12.0. The van der Waals surface area contributed by atoms with E-state index in [2.05, 4.69) is 5.32 Å². The molecule has 1 saturated heterocycles. The van der Waals surface area contributed by atoms with Crippen molar-refractivity contribution in [1.82, 2.24) is 5.32 Å². The number of methoxy groups -OCH3 is 1. The molecule has 0 aromatic carbocycles. The summed E-state index contributed by atoms with van der Waals surface area (Å²) in [4.78, 5) is 22.6. The Morgan fingerprint density at radius 2 is 2.12 bits per heavy atom. The second-order valence-corrected chi connectivity index (χ2v) is 3.37. The van der Waals surface area contributed by atoms with Crippen LogP contribution in [0.5, 0.6) is 0 Å². The normalized spacial score (nSPS) is 22.6. The van der Waals surface area contributed by atoms with Crippen molar-refractivity contribution in [3.05, 3.63) is 0 Å². The molecule has 0 saturated carbocycles. The van der Waals surface area contributed by atoms with E-state index in [9.17, 15) is 9.59 Å². The molecule has 0 aliphatic carbocycles. The molecule has 1 fully saturated rings. The Hall–Kier alpha value is -1.14. The van der Waals surface area contributed by atoms with Gasteiger partial charge in [-0.2, -0.15) is 0 Å². The highest BCUT2D eigenvalue weighted by molar-refractivity contribution is 5.92. The molecule has 6 nitrogen and oxygen atoms in total. The third-order valence-corrected chi connectivity index (χ3v) is 2.09. The van der Waals surface area contributed by atoms with Gasteiger partial charge < -0.3 is 19.5 Å². The minimum atomic E-state index is -0.720. The van der Waals surface area contributed by atoms with E-state index in [0.717, 1.165) is 6.42 Å². The summed E-state index contributed by atoms with van der Waals surface area (Å²) in [6.07, 6.45) is -0.664. The van der Waals surface area contributed by atoms with Gasteiger partial charge in [0.1, 0.15) is 0 Å². The molecule has 0 aromatic heterocycles. The molecule has 1 N–H and O–H groups in total. The number of hydrogen-bond acceptors (Lipinski definition) is 5. The first-order valence-corrected chi connectivity index (χ1v) is 5.29. The lowest BCUT2D eigenvalue weighted by Crippen LogP contribution is -2.31. The van der Waals surface area contributed by atoms with Crippen molar-refractivity contribution in [1.29, 1.82) is 0 Å². The average Bonchev–Trinajstić information content (AvgIpc) is 3.04. The summed E-state index contributed by atoms with van der Waals surface area (Å²) in [5.74, 6) is -0.742. The molecule has 1 rings (SSSR count). The smallest absolute Gasteiger partial charge is 0.338 e. The molecular formula is C10H17NO5. The molecule has 1 aliphatic rings. The van der Waals surface area contributed by atoms with Crippen molar-refractivity contribution in [2.45, 2.75) is 25.6 Å². The van der Waals surface area contributed by atoms with Crippen LogP contribution in [0, 0.1) is 0 Å². The van der Waals surface area contributed by atoms with Gasteiger partial charge in [-0.1, -0.05) is 0 Å². The molecule has 0 bridgehead atoms. The van der Waals surface area contributed by atoms with Crippen molar-refractivity contribution in [3.63, 3.8) is 0 Å². The highest BCUT2D eigenvalue weighted by atomic mass is 16.6. The number of carbonyl (C=O) groups excluding carboxylic acids is 2. The molecular weight excluding hydrogens is 214 g/mol. The summed E-state index contributed by atoms with van der Waals surface area (Å²) in [7, 11) is 1.60. The Labute approximate surface area is 94.2 Å². The van der Waals surface area contributed by atoms with Crippen molar-refractivity contribution < 1.29 is 23.8 Å². The van der Waals surface area contributed by atoms with Crippen LogP contribution in [0.4, 0.5) is 0 Å². The zero-order valence-corrected chi connectivity index (χ0v) is 9.52. The number of esters is 1. The monoisotopic (exact) mass is 231 g/mol. The van der Waals surface area contributed by atoms with Gasteiger partial charge in [-0.15, -0.1) is 0 Å². The number of ether oxygens (including phenoxy) is 3. The largest absolute Gasteiger partial charge is 0.464 e. The van der Waals surface area contributed by atoms with Crippen LogP contribution in [-0.2, 0) is 23.8 Å². The Morgan fingerprint density at radius 3 is 2.75 bits per heavy atom. The highest BCUT2D eigenvalue weighted by Crippen LogP contribution is 2.23. The molecule has 16 heavy (non-hydrogen) atoms. The standard InChI is InChI=1S/C10H17NO5/c1-3-15-10(13)8-7(16-8)9(12)11-5-4-6-14-2/h7-8H,3-6H2,1-2H3,(H,11,12)/t7-,8-/m0/s1. The lowest BCUT2D eigenvalue weighted by atomic mass is 10.3. The lowest BCUT2D eigenvalue weighted by molar-refractivity contribution is -0.144. The van der Waals surface area contributed by atoms with E-state index < -0.39 is 18.2 Å². The summed E-state index contributed by atoms with van der Waals surface area (Å²) in [6.45, 7) is 3.11. The molecule has 92 valence electrons. The number of carbonyl (C=O) groups is 2. The Morgan fingerprint density at radius 1 is 1.38 bits per heavy atom. The topological polar surface area (TPSA) is 77.2 Å². The quantitative estimate of drug-likeness (QED) is 0.362. The fourth-order valence-electron chi connectivity index (χ4n) is 1.24. The average molecular weight is 231 g/mol. The summed E-state index contributed by atoms with van der Waals surface area (Å²) in [5, 5.41) is 2.65. The van der Waals surface area contributed by atoms with Gasteiger partial charge >= 0.3 is 5.97 Å². The maximum Gasteiger partial charge on any atom is 0.338 e. The Balaban J connectivity index is 2.13. The van der Waals surface area contributed by atoms with E-state index in [1.165, 1.54) is 0 Å². The summed E-state index contributed by atoms with van der Waals surface area (Å²) in [5.41, 5.74) is 0. The molecule has 0 spiro atoms. The van der Waals surface area contributed by atoms with Crippen LogP contribution >= 0.6 is 0 Å². The van der Waals surface area contributed by atoms with Gasteiger partial charge in [0.15, 0.2) is 12.2 Å². The third-order valence-electron chi connectivity index (χ3n) is 2.09. The molecule has 6 heteroatoms. The first-order chi connectivity index (χ1) is 7.70. The lowest BCUT2D eigenvalue weighted by Gasteiger charge is -2.02. The van der Waals surface area contributed by atoms with E-state index in [-0.39, 0.29) is 5.91 Å². The molecule has 0 unspecified atom stereocenters. The van der Waals surface area contributed by atoms with Crippen LogP contribution in [0.15, 0.2) is 0 Å². The van der Waals surface area contributed by atoms with Gasteiger partial charge in [-0.25, -0.2) is 4.79 Å². The number of amides is 1. The zero-order valence-electron chi connectivity index (χ0n) is 9.52. The van der Waals surface area contributed by atoms with Gasteiger partial charge in [0.25, 0.3) is 5.91 Å². The number of nitrogens with one attached hydrogen (secondary N) is 1. The molecule has 2 atom stereocenters. The van der Waals surface area contributed by atoms with Crippen LogP contribution in [0.25, 0.3) is 0 Å². The van der Waals surface area contributed by atoms with Crippen LogP contribution in [0.1, 0.15) is 13.3 Å². The van der Waals surface area contributed by atoms with Crippen LogP contribution in [0.2, 0.25) is 0 Å². The minimum Gasteiger partial charge on any atom is -0.464 e. The Kier molecular flexibility index (Phi) is 5.21. The van der Waals surface area contributed by atoms with Crippen LogP contribution < -0.4 is 5.32 Å². The van der Waals surface area contributed by atoms with Gasteiger partial charge in [0.05, 0.1) is 6.61 Å². The van der Waals surface area contributed by atoms with Crippen LogP contribution in [0.3, 0.4) is 0 Å². The van der Waals surface area contributed by atoms with Gasteiger partial charge in [-0.05, 0) is 13.3 Å². The van der Waals surface area contributed by atoms with Gasteiger partial charge in [-0.3, -0.25) is 4.79 Å². The molecule has 0 aromatic rings. The second-order valence-electron chi connectivity index (χ2n) is 3.37. The van der Waals surface area contributed by atoms with Crippen molar-refractivity contribution >= 4 is 11.9 Å². The highest BCUT2D eigenvalue weighted by Gasteiger charge is 2.51. The first-order valence-electron chi connectivity index (χ1n) is 5.29. The third kappa shape index (κ3) is 3.79. The van der Waals surface area contributed by atoms with Crippen molar-refractivity contribution in [3.8, 4) is 0 Å². The maximum absolute atomic E-state index is 11.4. The second kappa shape index (κ2) is 6.44. The molecule has 1 heterocycles. The number of hydrogen-bond donors (Lipinski definition) is 1. The van der Waals surface area contributed by atoms with E-state index in [4.69, 9.17) is 14.2 Å². The van der Waals surface area contributed by atoms with E-state index >= 15 is 0 Å². The van der Waals surface area contributed by atoms with Crippen molar-refractivity contribution in [2.75, 3.05) is 26.9 Å². The number of epoxide rings is 1. The fraction of sp³-hybridized carbons (Fsp3) is 0.800. The van der Waals surface area contributed by atoms with E-state index in [0.29, 0.717) is 19.8 Å². The molecule has 0 radical (unpaired) electrons. The minimum absolute atomic E-state index is 0.269. The SMILES string of the molecule is CCOC(=O)[C@H]1O[C@@H]1C(=O)NCCCOC. The summed E-state index contributed by atoms with van der Waals surface area (Å²) in [6, 6.07) is 0. The Bertz CT molecular complexity index is 256. The molecule has 1 aliphatic heterocycles.